The Balaban J connectivity index is 1.33. The first-order chi connectivity index (χ1) is 13.8. The fourth-order valence-electron chi connectivity index (χ4n) is 4.04. The number of carbonyl (C=O) groups excluding carboxylic acids is 2. The van der Waals surface area contributed by atoms with Crippen molar-refractivity contribution < 1.29 is 22.8 Å². The van der Waals surface area contributed by atoms with Crippen molar-refractivity contribution in [2.75, 3.05) is 39.3 Å². The highest BCUT2D eigenvalue weighted by Gasteiger charge is 2.30. The summed E-state index contributed by atoms with van der Waals surface area (Å²) in [7, 11) is 0. The van der Waals surface area contributed by atoms with Crippen LogP contribution < -0.4 is 5.32 Å². The van der Waals surface area contributed by atoms with Crippen LogP contribution in [0.4, 0.5) is 13.2 Å². The number of halogens is 3. The maximum atomic E-state index is 12.6. The van der Waals surface area contributed by atoms with Gasteiger partial charge in [-0.3, -0.25) is 14.5 Å². The smallest absolute Gasteiger partial charge is 0.355 e. The number of rotatable bonds is 6. The van der Waals surface area contributed by atoms with Crippen molar-refractivity contribution in [2.45, 2.75) is 38.3 Å². The number of nitrogens with one attached hydrogen (secondary N) is 1. The molecule has 1 saturated heterocycles. The molecule has 1 aliphatic heterocycles. The molecule has 5 nitrogen and oxygen atoms in total. The molecule has 0 aromatic heterocycles. The summed E-state index contributed by atoms with van der Waals surface area (Å²) >= 11 is 0. The van der Waals surface area contributed by atoms with Crippen molar-refractivity contribution in [3.8, 4) is 0 Å². The van der Waals surface area contributed by atoms with E-state index in [2.05, 4.69) is 10.2 Å². The normalized spacial score (nSPS) is 18.8. The van der Waals surface area contributed by atoms with Gasteiger partial charge in [0.15, 0.2) is 0 Å². The Kier molecular flexibility index (Phi) is 7.16. The van der Waals surface area contributed by atoms with Crippen LogP contribution in [0.15, 0.2) is 24.3 Å². The molecule has 1 aromatic rings. The Hall–Kier alpha value is -2.09. The number of nitrogens with zero attached hydrogens (tertiary/aromatic N) is 2. The quantitative estimate of drug-likeness (QED) is 0.783. The van der Waals surface area contributed by atoms with Crippen LogP contribution in [0.2, 0.25) is 0 Å². The molecule has 0 radical (unpaired) electrons. The van der Waals surface area contributed by atoms with Crippen molar-refractivity contribution in [1.29, 1.82) is 0 Å². The van der Waals surface area contributed by atoms with Crippen LogP contribution >= 0.6 is 0 Å². The molecule has 160 valence electrons. The van der Waals surface area contributed by atoms with E-state index < -0.39 is 11.7 Å². The van der Waals surface area contributed by atoms with Gasteiger partial charge in [0.1, 0.15) is 0 Å². The Bertz CT molecular complexity index is 692. The number of hydrogen-bond donors (Lipinski definition) is 1. The van der Waals surface area contributed by atoms with Gasteiger partial charge in [-0.25, -0.2) is 0 Å². The van der Waals surface area contributed by atoms with E-state index in [-0.39, 0.29) is 18.2 Å². The minimum atomic E-state index is -4.37. The van der Waals surface area contributed by atoms with E-state index in [1.807, 2.05) is 4.90 Å². The third-order valence-corrected chi connectivity index (χ3v) is 5.78. The summed E-state index contributed by atoms with van der Waals surface area (Å²) in [5, 5.41) is 2.82. The minimum absolute atomic E-state index is 0.0573. The summed E-state index contributed by atoms with van der Waals surface area (Å²) in [6, 6.07) is 4.66. The van der Waals surface area contributed by atoms with Crippen molar-refractivity contribution in [3.63, 3.8) is 0 Å². The molecule has 0 spiro atoms. The first kappa shape index (κ1) is 21.6. The van der Waals surface area contributed by atoms with Gasteiger partial charge in [0.25, 0.3) is 0 Å². The fourth-order valence-corrected chi connectivity index (χ4v) is 4.04. The van der Waals surface area contributed by atoms with Gasteiger partial charge in [-0.1, -0.05) is 25.0 Å². The van der Waals surface area contributed by atoms with Gasteiger partial charge in [0.05, 0.1) is 12.0 Å². The zero-order chi connectivity index (χ0) is 20.9. The second-order valence-electron chi connectivity index (χ2n) is 7.87. The zero-order valence-corrected chi connectivity index (χ0v) is 16.5. The summed E-state index contributed by atoms with van der Waals surface area (Å²) in [5.74, 6) is 0.304. The lowest BCUT2D eigenvalue weighted by Gasteiger charge is -2.36. The van der Waals surface area contributed by atoms with Gasteiger partial charge in [0, 0.05) is 45.2 Å². The van der Waals surface area contributed by atoms with E-state index in [0.29, 0.717) is 24.6 Å². The maximum absolute atomic E-state index is 12.6. The Labute approximate surface area is 169 Å². The molecular formula is C21H28F3N3O2. The third-order valence-electron chi connectivity index (χ3n) is 5.78. The standard InChI is InChI=1S/C21H28F3N3O2/c22-21(23,24)18-7-5-16(6-8-18)15-19(28)25-9-10-26-11-13-27(14-12-26)20(29)17-3-1-2-4-17/h5-8,17H,1-4,9-15H2,(H,25,28). The number of carbonyl (C=O) groups is 2. The van der Waals surface area contributed by atoms with Crippen LogP contribution in [-0.4, -0.2) is 60.9 Å². The molecule has 1 aliphatic carbocycles. The van der Waals surface area contributed by atoms with Crippen molar-refractivity contribution >= 4 is 11.8 Å². The molecule has 2 fully saturated rings. The van der Waals surface area contributed by atoms with Crippen LogP contribution in [0.25, 0.3) is 0 Å². The van der Waals surface area contributed by atoms with Crippen LogP contribution in [0.3, 0.4) is 0 Å². The van der Waals surface area contributed by atoms with Crippen molar-refractivity contribution in [1.82, 2.24) is 15.1 Å². The second-order valence-corrected chi connectivity index (χ2v) is 7.87. The van der Waals surface area contributed by atoms with Gasteiger partial charge in [-0.05, 0) is 30.5 Å². The lowest BCUT2D eigenvalue weighted by atomic mass is 10.1. The van der Waals surface area contributed by atoms with Gasteiger partial charge in [0.2, 0.25) is 11.8 Å². The Morgan fingerprint density at radius 3 is 2.21 bits per heavy atom. The van der Waals surface area contributed by atoms with E-state index in [9.17, 15) is 22.8 Å². The van der Waals surface area contributed by atoms with E-state index >= 15 is 0 Å². The molecule has 2 amide bonds. The molecule has 1 N–H and O–H groups in total. The molecule has 1 heterocycles. The zero-order valence-electron chi connectivity index (χ0n) is 16.5. The first-order valence-corrected chi connectivity index (χ1v) is 10.3. The second kappa shape index (κ2) is 9.61. The highest BCUT2D eigenvalue weighted by molar-refractivity contribution is 5.79. The van der Waals surface area contributed by atoms with Crippen LogP contribution in [-0.2, 0) is 22.2 Å². The summed E-state index contributed by atoms with van der Waals surface area (Å²) in [6.45, 7) is 4.24. The van der Waals surface area contributed by atoms with Gasteiger partial charge >= 0.3 is 6.18 Å². The first-order valence-electron chi connectivity index (χ1n) is 10.3. The maximum Gasteiger partial charge on any atom is 0.416 e. The largest absolute Gasteiger partial charge is 0.416 e. The molecule has 3 rings (SSSR count). The van der Waals surface area contributed by atoms with Gasteiger partial charge < -0.3 is 10.2 Å². The molecular weight excluding hydrogens is 383 g/mol. The summed E-state index contributed by atoms with van der Waals surface area (Å²) in [5.41, 5.74) is -0.165. The number of piperazine rings is 1. The van der Waals surface area contributed by atoms with Crippen LogP contribution in [0.1, 0.15) is 36.8 Å². The van der Waals surface area contributed by atoms with E-state index in [1.165, 1.54) is 12.1 Å². The molecule has 1 aromatic carbocycles. The molecule has 0 bridgehead atoms. The van der Waals surface area contributed by atoms with Crippen LogP contribution in [0.5, 0.6) is 0 Å². The third kappa shape index (κ3) is 6.19. The highest BCUT2D eigenvalue weighted by Crippen LogP contribution is 2.29. The highest BCUT2D eigenvalue weighted by atomic mass is 19.4. The average molecular weight is 411 g/mol. The predicted molar refractivity (Wildman–Crippen MR) is 103 cm³/mol. The monoisotopic (exact) mass is 411 g/mol. The van der Waals surface area contributed by atoms with Crippen LogP contribution in [0, 0.1) is 5.92 Å². The lowest BCUT2D eigenvalue weighted by molar-refractivity contribution is -0.138. The van der Waals surface area contributed by atoms with Gasteiger partial charge in [-0.15, -0.1) is 0 Å². The van der Waals surface area contributed by atoms with E-state index in [1.54, 1.807) is 0 Å². The predicted octanol–water partition coefficient (Wildman–Crippen LogP) is 2.70. The molecule has 0 unspecified atom stereocenters. The number of benzene rings is 1. The molecule has 1 saturated carbocycles. The summed E-state index contributed by atoms with van der Waals surface area (Å²) in [6.07, 6.45) is 0.0352. The van der Waals surface area contributed by atoms with E-state index in [0.717, 1.165) is 64.0 Å². The average Bonchev–Trinajstić information content (AvgIpc) is 3.22. The molecule has 0 atom stereocenters. The van der Waals surface area contributed by atoms with Crippen molar-refractivity contribution in [3.05, 3.63) is 35.4 Å². The van der Waals surface area contributed by atoms with Crippen molar-refractivity contribution in [2.24, 2.45) is 5.92 Å². The topological polar surface area (TPSA) is 52.7 Å². The number of hydrogen-bond acceptors (Lipinski definition) is 3. The Morgan fingerprint density at radius 1 is 1.00 bits per heavy atom. The molecule has 29 heavy (non-hydrogen) atoms. The molecule has 8 heteroatoms. The minimum Gasteiger partial charge on any atom is -0.355 e. The number of alkyl halides is 3. The Morgan fingerprint density at radius 2 is 1.62 bits per heavy atom. The summed E-state index contributed by atoms with van der Waals surface area (Å²) in [4.78, 5) is 28.7. The SMILES string of the molecule is O=C(Cc1ccc(C(F)(F)F)cc1)NCCN1CCN(C(=O)C2CCCC2)CC1. The fraction of sp³-hybridized carbons (Fsp3) is 0.619. The molecule has 2 aliphatic rings. The summed E-state index contributed by atoms with van der Waals surface area (Å²) < 4.78 is 37.7. The number of amides is 2. The van der Waals surface area contributed by atoms with E-state index in [4.69, 9.17) is 0 Å². The lowest BCUT2D eigenvalue weighted by Crippen LogP contribution is -2.51. The van der Waals surface area contributed by atoms with Gasteiger partial charge in [-0.2, -0.15) is 13.2 Å².